The summed E-state index contributed by atoms with van der Waals surface area (Å²) in [5.74, 6) is -0.263. The molecule has 2 N–H and O–H groups in total. The van der Waals surface area contributed by atoms with Gasteiger partial charge in [0, 0.05) is 35.7 Å². The van der Waals surface area contributed by atoms with Crippen LogP contribution in [0.2, 0.25) is 0 Å². The highest BCUT2D eigenvalue weighted by atomic mass is 79.9. The van der Waals surface area contributed by atoms with E-state index in [4.69, 9.17) is 0 Å². The largest absolute Gasteiger partial charge is 0.341 e. The van der Waals surface area contributed by atoms with Gasteiger partial charge in [0.25, 0.3) is 5.91 Å². The molecule has 122 valence electrons. The van der Waals surface area contributed by atoms with Crippen LogP contribution in [-0.2, 0) is 4.79 Å². The molecule has 1 heterocycles. The van der Waals surface area contributed by atoms with E-state index in [0.717, 1.165) is 17.6 Å². The van der Waals surface area contributed by atoms with Gasteiger partial charge in [-0.2, -0.15) is 0 Å². The zero-order valence-corrected chi connectivity index (χ0v) is 15.0. The van der Waals surface area contributed by atoms with Gasteiger partial charge in [-0.1, -0.05) is 15.9 Å². The van der Waals surface area contributed by atoms with Gasteiger partial charge in [0.15, 0.2) is 0 Å². The van der Waals surface area contributed by atoms with Gasteiger partial charge in [-0.15, -0.1) is 12.4 Å². The molecule has 1 aromatic rings. The Morgan fingerprint density at radius 2 is 2.00 bits per heavy atom. The van der Waals surface area contributed by atoms with Crippen molar-refractivity contribution in [3.63, 3.8) is 0 Å². The second kappa shape index (κ2) is 8.50. The number of nitrogens with zero attached hydrogens (tertiary/aromatic N) is 1. The van der Waals surface area contributed by atoms with Crippen LogP contribution in [0.1, 0.15) is 24.2 Å². The molecule has 1 saturated heterocycles. The highest BCUT2D eigenvalue weighted by molar-refractivity contribution is 9.10. The minimum Gasteiger partial charge on any atom is -0.341 e. The molecule has 1 fully saturated rings. The van der Waals surface area contributed by atoms with Crippen molar-refractivity contribution >= 4 is 40.2 Å². The van der Waals surface area contributed by atoms with Crippen LogP contribution in [0.25, 0.3) is 0 Å². The van der Waals surface area contributed by atoms with E-state index in [1.807, 2.05) is 11.8 Å². The number of amides is 2. The average Bonchev–Trinajstić information content (AvgIpc) is 2.47. The first-order chi connectivity index (χ1) is 9.99. The summed E-state index contributed by atoms with van der Waals surface area (Å²) in [5.41, 5.74) is 0.547. The quantitative estimate of drug-likeness (QED) is 0.827. The van der Waals surface area contributed by atoms with E-state index < -0.39 is 6.04 Å². The van der Waals surface area contributed by atoms with Crippen molar-refractivity contribution in [2.45, 2.75) is 25.9 Å². The van der Waals surface area contributed by atoms with Crippen molar-refractivity contribution in [1.82, 2.24) is 15.5 Å². The normalized spacial score (nSPS) is 19.0. The number of carbonyl (C=O) groups excluding carboxylic acids is 2. The Morgan fingerprint density at radius 3 is 2.59 bits per heavy atom. The van der Waals surface area contributed by atoms with E-state index in [1.165, 1.54) is 0 Å². The molecule has 0 aromatic heterocycles. The Labute approximate surface area is 145 Å². The van der Waals surface area contributed by atoms with Gasteiger partial charge in [-0.25, -0.2) is 0 Å². The third-order valence-electron chi connectivity index (χ3n) is 3.61. The summed E-state index contributed by atoms with van der Waals surface area (Å²) in [6.45, 7) is 6.00. The molecule has 1 unspecified atom stereocenters. The smallest absolute Gasteiger partial charge is 0.251 e. The number of benzene rings is 1. The van der Waals surface area contributed by atoms with E-state index in [1.54, 1.807) is 31.2 Å². The van der Waals surface area contributed by atoms with Gasteiger partial charge in [-0.05, 0) is 38.1 Å². The summed E-state index contributed by atoms with van der Waals surface area (Å²) in [5, 5.41) is 6.01. The summed E-state index contributed by atoms with van der Waals surface area (Å²) in [4.78, 5) is 26.4. The number of nitrogens with one attached hydrogen (secondary N) is 2. The van der Waals surface area contributed by atoms with Gasteiger partial charge in [0.05, 0.1) is 0 Å². The molecule has 2 amide bonds. The van der Waals surface area contributed by atoms with Crippen molar-refractivity contribution in [3.05, 3.63) is 34.3 Å². The van der Waals surface area contributed by atoms with E-state index in [0.29, 0.717) is 12.1 Å². The fraction of sp³-hybridized carbons (Fsp3) is 0.467. The maximum absolute atomic E-state index is 12.4. The summed E-state index contributed by atoms with van der Waals surface area (Å²) in [6, 6.07) is 6.69. The third-order valence-corrected chi connectivity index (χ3v) is 4.14. The van der Waals surface area contributed by atoms with Crippen LogP contribution in [0.4, 0.5) is 0 Å². The van der Waals surface area contributed by atoms with Crippen molar-refractivity contribution in [3.8, 4) is 0 Å². The first kappa shape index (κ1) is 18.9. The number of carbonyl (C=O) groups is 2. The number of halogens is 2. The molecule has 0 saturated carbocycles. The van der Waals surface area contributed by atoms with E-state index in [9.17, 15) is 9.59 Å². The molecule has 1 aromatic carbocycles. The van der Waals surface area contributed by atoms with E-state index in [-0.39, 0.29) is 30.3 Å². The number of hydrogen-bond donors (Lipinski definition) is 2. The minimum atomic E-state index is -0.526. The molecule has 1 aliphatic rings. The van der Waals surface area contributed by atoms with E-state index >= 15 is 0 Å². The fourth-order valence-corrected chi connectivity index (χ4v) is 2.62. The Morgan fingerprint density at radius 1 is 1.36 bits per heavy atom. The SMILES string of the molecule is CC(NC(=O)c1ccc(Br)cc1)C(=O)N1CCNC[C@@H]1C.Cl. The highest BCUT2D eigenvalue weighted by Crippen LogP contribution is 2.11. The molecule has 0 aliphatic carbocycles. The molecule has 2 rings (SSSR count). The van der Waals surface area contributed by atoms with Crippen LogP contribution in [0.5, 0.6) is 0 Å². The molecule has 0 radical (unpaired) electrons. The fourth-order valence-electron chi connectivity index (χ4n) is 2.36. The lowest BCUT2D eigenvalue weighted by Crippen LogP contribution is -2.57. The molecular formula is C15H21BrClN3O2. The van der Waals surface area contributed by atoms with Crippen LogP contribution >= 0.6 is 28.3 Å². The Balaban J connectivity index is 0.00000242. The molecule has 1 aliphatic heterocycles. The van der Waals surface area contributed by atoms with E-state index in [2.05, 4.69) is 26.6 Å². The Kier molecular flexibility index (Phi) is 7.32. The Hall–Kier alpha value is -1.11. The summed E-state index contributed by atoms with van der Waals surface area (Å²) < 4.78 is 0.915. The lowest BCUT2D eigenvalue weighted by Gasteiger charge is -2.35. The molecule has 5 nitrogen and oxygen atoms in total. The first-order valence-corrected chi connectivity index (χ1v) is 7.86. The van der Waals surface area contributed by atoms with Gasteiger partial charge in [0.1, 0.15) is 6.04 Å². The van der Waals surface area contributed by atoms with Gasteiger partial charge < -0.3 is 15.5 Å². The van der Waals surface area contributed by atoms with Crippen LogP contribution in [-0.4, -0.2) is 48.4 Å². The topological polar surface area (TPSA) is 61.4 Å². The van der Waals surface area contributed by atoms with Gasteiger partial charge in [-0.3, -0.25) is 9.59 Å². The number of hydrogen-bond acceptors (Lipinski definition) is 3. The maximum atomic E-state index is 12.4. The van der Waals surface area contributed by atoms with Crippen LogP contribution in [0.3, 0.4) is 0 Å². The third kappa shape index (κ3) is 4.69. The first-order valence-electron chi connectivity index (χ1n) is 7.06. The maximum Gasteiger partial charge on any atom is 0.251 e. The zero-order chi connectivity index (χ0) is 15.4. The molecule has 7 heteroatoms. The summed E-state index contributed by atoms with van der Waals surface area (Å²) in [7, 11) is 0. The molecule has 0 bridgehead atoms. The van der Waals surface area contributed by atoms with Crippen LogP contribution in [0, 0.1) is 0 Å². The van der Waals surface area contributed by atoms with Crippen molar-refractivity contribution in [2.75, 3.05) is 19.6 Å². The van der Waals surface area contributed by atoms with Gasteiger partial charge >= 0.3 is 0 Å². The second-order valence-electron chi connectivity index (χ2n) is 5.29. The summed E-state index contributed by atoms with van der Waals surface area (Å²) >= 11 is 3.33. The number of piperazine rings is 1. The highest BCUT2D eigenvalue weighted by Gasteiger charge is 2.27. The van der Waals surface area contributed by atoms with Gasteiger partial charge in [0.2, 0.25) is 5.91 Å². The summed E-state index contributed by atoms with van der Waals surface area (Å²) in [6.07, 6.45) is 0. The monoisotopic (exact) mass is 389 g/mol. The van der Waals surface area contributed by atoms with Crippen molar-refractivity contribution in [1.29, 1.82) is 0 Å². The lowest BCUT2D eigenvalue weighted by molar-refractivity contribution is -0.135. The van der Waals surface area contributed by atoms with Crippen molar-refractivity contribution in [2.24, 2.45) is 0 Å². The average molecular weight is 391 g/mol. The molecule has 0 spiro atoms. The molecule has 2 atom stereocenters. The predicted molar refractivity (Wildman–Crippen MR) is 92.4 cm³/mol. The Bertz CT molecular complexity index is 524. The predicted octanol–water partition coefficient (Wildman–Crippen LogP) is 1.81. The van der Waals surface area contributed by atoms with Crippen LogP contribution in [0.15, 0.2) is 28.7 Å². The second-order valence-corrected chi connectivity index (χ2v) is 6.20. The zero-order valence-electron chi connectivity index (χ0n) is 12.6. The molecular weight excluding hydrogens is 370 g/mol. The molecule has 22 heavy (non-hydrogen) atoms. The lowest BCUT2D eigenvalue weighted by atomic mass is 10.1. The van der Waals surface area contributed by atoms with Crippen LogP contribution < -0.4 is 10.6 Å². The van der Waals surface area contributed by atoms with Crippen molar-refractivity contribution < 1.29 is 9.59 Å². The standard InChI is InChI=1S/C15H20BrN3O2.ClH/c1-10-9-17-7-8-19(10)15(21)11(2)18-14(20)12-3-5-13(16)6-4-12;/h3-6,10-11,17H,7-9H2,1-2H3,(H,18,20);1H/t10-,11?;/m0./s1. The minimum absolute atomic E-state index is 0. The number of rotatable bonds is 3.